The number of nitrogen functional groups attached to an aromatic ring is 1. The van der Waals surface area contributed by atoms with Crippen molar-refractivity contribution in [3.63, 3.8) is 0 Å². The highest BCUT2D eigenvalue weighted by molar-refractivity contribution is 5.44. The van der Waals surface area contributed by atoms with Crippen molar-refractivity contribution in [2.75, 3.05) is 24.7 Å². The summed E-state index contributed by atoms with van der Waals surface area (Å²) in [6.45, 7) is 2.80. The zero-order valence-corrected chi connectivity index (χ0v) is 10.3. The summed E-state index contributed by atoms with van der Waals surface area (Å²) in [5, 5.41) is 12.6. The molecule has 1 unspecified atom stereocenters. The summed E-state index contributed by atoms with van der Waals surface area (Å²) in [6, 6.07) is 1.64. The molecular weight excluding hydrogens is 220 g/mol. The van der Waals surface area contributed by atoms with Crippen LogP contribution in [-0.4, -0.2) is 34.8 Å². The molecule has 1 atom stereocenters. The maximum Gasteiger partial charge on any atom is 0.158 e. The van der Waals surface area contributed by atoms with Crippen molar-refractivity contribution in [1.82, 2.24) is 9.97 Å². The smallest absolute Gasteiger partial charge is 0.158 e. The molecule has 0 aliphatic heterocycles. The topological polar surface area (TPSA) is 93.3 Å². The average Bonchev–Trinajstić information content (AvgIpc) is 2.26. The van der Waals surface area contributed by atoms with E-state index in [0.717, 1.165) is 12.8 Å². The molecule has 0 fully saturated rings. The largest absolute Gasteiger partial charge is 0.391 e. The molecule has 0 aliphatic rings. The van der Waals surface area contributed by atoms with Gasteiger partial charge in [0.25, 0.3) is 0 Å². The van der Waals surface area contributed by atoms with Gasteiger partial charge in [-0.2, -0.15) is 0 Å². The second-order valence-electron chi connectivity index (χ2n) is 3.85. The van der Waals surface area contributed by atoms with Gasteiger partial charge < -0.3 is 20.9 Å². The van der Waals surface area contributed by atoms with Gasteiger partial charge in [-0.3, -0.25) is 0 Å². The van der Waals surface area contributed by atoms with Crippen molar-refractivity contribution in [3.8, 4) is 0 Å². The fraction of sp³-hybridized carbons (Fsp3) is 0.636. The van der Waals surface area contributed by atoms with E-state index >= 15 is 0 Å². The molecule has 1 rings (SSSR count). The van der Waals surface area contributed by atoms with Crippen LogP contribution >= 0.6 is 0 Å². The van der Waals surface area contributed by atoms with Gasteiger partial charge in [-0.1, -0.05) is 13.3 Å². The predicted molar refractivity (Wildman–Crippen MR) is 66.6 cm³/mol. The SMILES string of the molecule is CCCC(O)CNc1cc(N)nc(COC)n1. The van der Waals surface area contributed by atoms with Crippen LogP contribution in [0, 0.1) is 0 Å². The van der Waals surface area contributed by atoms with Gasteiger partial charge in [0.15, 0.2) is 5.82 Å². The van der Waals surface area contributed by atoms with Crippen LogP contribution in [0.4, 0.5) is 11.6 Å². The highest BCUT2D eigenvalue weighted by atomic mass is 16.5. The normalized spacial score (nSPS) is 12.4. The zero-order chi connectivity index (χ0) is 12.7. The van der Waals surface area contributed by atoms with Gasteiger partial charge in [0.05, 0.1) is 6.10 Å². The molecule has 0 aliphatic carbocycles. The van der Waals surface area contributed by atoms with E-state index in [9.17, 15) is 5.11 Å². The van der Waals surface area contributed by atoms with Crippen LogP contribution in [0.2, 0.25) is 0 Å². The van der Waals surface area contributed by atoms with Gasteiger partial charge in [0, 0.05) is 19.7 Å². The fourth-order valence-electron chi connectivity index (χ4n) is 1.46. The predicted octanol–water partition coefficient (Wildman–Crippen LogP) is 0.778. The van der Waals surface area contributed by atoms with E-state index < -0.39 is 0 Å². The van der Waals surface area contributed by atoms with Crippen LogP contribution in [0.1, 0.15) is 25.6 Å². The number of hydrogen-bond donors (Lipinski definition) is 3. The number of hydrogen-bond acceptors (Lipinski definition) is 6. The number of aromatic nitrogens is 2. The minimum absolute atomic E-state index is 0.317. The Morgan fingerprint density at radius 2 is 2.29 bits per heavy atom. The number of aliphatic hydroxyl groups excluding tert-OH is 1. The number of rotatable bonds is 7. The van der Waals surface area contributed by atoms with E-state index in [2.05, 4.69) is 15.3 Å². The Kier molecular flexibility index (Phi) is 5.65. The maximum atomic E-state index is 9.59. The summed E-state index contributed by atoms with van der Waals surface area (Å²) in [7, 11) is 1.57. The van der Waals surface area contributed by atoms with Crippen molar-refractivity contribution < 1.29 is 9.84 Å². The third-order valence-corrected chi connectivity index (χ3v) is 2.21. The summed E-state index contributed by atoms with van der Waals surface area (Å²) in [6.07, 6.45) is 1.34. The standard InChI is InChI=1S/C11H20N4O2/c1-3-4-8(16)6-13-10-5-9(12)14-11(15-10)7-17-2/h5,8,16H,3-4,6-7H2,1-2H3,(H3,12,13,14,15). The lowest BCUT2D eigenvalue weighted by Crippen LogP contribution is -2.20. The van der Waals surface area contributed by atoms with Gasteiger partial charge in [0.1, 0.15) is 18.2 Å². The molecule has 4 N–H and O–H groups in total. The molecule has 6 nitrogen and oxygen atoms in total. The Labute approximate surface area is 101 Å². The quantitative estimate of drug-likeness (QED) is 0.652. The highest BCUT2D eigenvalue weighted by Crippen LogP contribution is 2.09. The molecule has 17 heavy (non-hydrogen) atoms. The minimum atomic E-state index is -0.373. The van der Waals surface area contributed by atoms with Crippen LogP contribution in [0.5, 0.6) is 0 Å². The van der Waals surface area contributed by atoms with Gasteiger partial charge >= 0.3 is 0 Å². The minimum Gasteiger partial charge on any atom is -0.391 e. The number of aliphatic hydroxyl groups is 1. The summed E-state index contributed by atoms with van der Waals surface area (Å²) in [5.41, 5.74) is 5.65. The lowest BCUT2D eigenvalue weighted by molar-refractivity contribution is 0.175. The van der Waals surface area contributed by atoms with E-state index in [1.807, 2.05) is 6.92 Å². The first-order chi connectivity index (χ1) is 8.15. The molecule has 0 saturated carbocycles. The Hall–Kier alpha value is -1.40. The van der Waals surface area contributed by atoms with E-state index in [4.69, 9.17) is 10.5 Å². The van der Waals surface area contributed by atoms with Gasteiger partial charge in [0.2, 0.25) is 0 Å². The van der Waals surface area contributed by atoms with Crippen molar-refractivity contribution in [2.24, 2.45) is 0 Å². The number of nitrogens with zero attached hydrogens (tertiary/aromatic N) is 2. The molecule has 1 aromatic heterocycles. The molecule has 96 valence electrons. The third kappa shape index (κ3) is 4.97. The van der Waals surface area contributed by atoms with E-state index in [1.54, 1.807) is 13.2 Å². The van der Waals surface area contributed by atoms with Crippen LogP contribution in [0.3, 0.4) is 0 Å². The average molecular weight is 240 g/mol. The molecule has 0 aromatic carbocycles. The summed E-state index contributed by atoms with van der Waals surface area (Å²) in [4.78, 5) is 8.24. The van der Waals surface area contributed by atoms with Crippen molar-refractivity contribution in [2.45, 2.75) is 32.5 Å². The van der Waals surface area contributed by atoms with Gasteiger partial charge in [-0.05, 0) is 6.42 Å². The second kappa shape index (κ2) is 7.03. The van der Waals surface area contributed by atoms with E-state index in [-0.39, 0.29) is 6.10 Å². The second-order valence-corrected chi connectivity index (χ2v) is 3.85. The first kappa shape index (κ1) is 13.7. The lowest BCUT2D eigenvalue weighted by Gasteiger charge is -2.12. The number of nitrogens with two attached hydrogens (primary N) is 1. The van der Waals surface area contributed by atoms with Crippen molar-refractivity contribution >= 4 is 11.6 Å². The fourth-order valence-corrected chi connectivity index (χ4v) is 1.46. The van der Waals surface area contributed by atoms with Crippen LogP contribution in [0.15, 0.2) is 6.07 Å². The molecule has 6 heteroatoms. The number of methoxy groups -OCH3 is 1. The molecule has 0 radical (unpaired) electrons. The first-order valence-corrected chi connectivity index (χ1v) is 5.70. The molecular formula is C11H20N4O2. The van der Waals surface area contributed by atoms with E-state index in [0.29, 0.717) is 30.6 Å². The van der Waals surface area contributed by atoms with Crippen LogP contribution in [0.25, 0.3) is 0 Å². The maximum absolute atomic E-state index is 9.59. The Morgan fingerprint density at radius 3 is 2.94 bits per heavy atom. The molecule has 1 aromatic rings. The van der Waals surface area contributed by atoms with Crippen molar-refractivity contribution in [3.05, 3.63) is 11.9 Å². The van der Waals surface area contributed by atoms with Crippen molar-refractivity contribution in [1.29, 1.82) is 0 Å². The summed E-state index contributed by atoms with van der Waals surface area (Å²) < 4.78 is 4.94. The van der Waals surface area contributed by atoms with Crippen LogP contribution in [-0.2, 0) is 11.3 Å². The van der Waals surface area contributed by atoms with E-state index in [1.165, 1.54) is 0 Å². The third-order valence-electron chi connectivity index (χ3n) is 2.21. The first-order valence-electron chi connectivity index (χ1n) is 5.70. The summed E-state index contributed by atoms with van der Waals surface area (Å²) in [5.74, 6) is 1.53. The highest BCUT2D eigenvalue weighted by Gasteiger charge is 2.05. The van der Waals surface area contributed by atoms with Gasteiger partial charge in [-0.15, -0.1) is 0 Å². The lowest BCUT2D eigenvalue weighted by atomic mass is 10.2. The molecule has 0 saturated heterocycles. The van der Waals surface area contributed by atoms with Crippen LogP contribution < -0.4 is 11.1 Å². The van der Waals surface area contributed by atoms with Gasteiger partial charge in [-0.25, -0.2) is 9.97 Å². The Balaban J connectivity index is 2.57. The molecule has 1 heterocycles. The Bertz CT molecular complexity index is 346. The molecule has 0 spiro atoms. The number of anilines is 2. The zero-order valence-electron chi connectivity index (χ0n) is 10.3. The number of ether oxygens (including phenoxy) is 1. The molecule has 0 bridgehead atoms. The monoisotopic (exact) mass is 240 g/mol. The molecule has 0 amide bonds. The summed E-state index contributed by atoms with van der Waals surface area (Å²) >= 11 is 0. The number of nitrogens with one attached hydrogen (secondary N) is 1. The Morgan fingerprint density at radius 1 is 1.53 bits per heavy atom.